The van der Waals surface area contributed by atoms with Crippen LogP contribution in [0.25, 0.3) is 0 Å². The number of hydrogen-bond acceptors (Lipinski definition) is 3. The predicted molar refractivity (Wildman–Crippen MR) is 69.3 cm³/mol. The van der Waals surface area contributed by atoms with Gasteiger partial charge in [0.25, 0.3) is 5.92 Å². The van der Waals surface area contributed by atoms with Gasteiger partial charge >= 0.3 is 5.97 Å². The van der Waals surface area contributed by atoms with Crippen molar-refractivity contribution in [2.45, 2.75) is 25.7 Å². The van der Waals surface area contributed by atoms with E-state index >= 15 is 0 Å². The molecule has 0 aromatic rings. The van der Waals surface area contributed by atoms with Gasteiger partial charge in [-0.3, -0.25) is 0 Å². The topological polar surface area (TPSA) is 57.5 Å². The first-order valence-electron chi connectivity index (χ1n) is 5.89. The Morgan fingerprint density at radius 3 is 2.79 bits per heavy atom. The van der Waals surface area contributed by atoms with E-state index in [1.54, 1.807) is 0 Å². The smallest absolute Gasteiger partial charge is 0.342 e. The molecule has 0 aromatic heterocycles. The molecule has 1 heterocycles. The van der Waals surface area contributed by atoms with Gasteiger partial charge < -0.3 is 10.2 Å². The van der Waals surface area contributed by atoms with Crippen molar-refractivity contribution in [2.24, 2.45) is 5.92 Å². The zero-order chi connectivity index (χ0) is 14.2. The lowest BCUT2D eigenvalue weighted by Crippen LogP contribution is -2.17. The van der Waals surface area contributed by atoms with Crippen molar-refractivity contribution in [1.82, 2.24) is 0 Å². The van der Waals surface area contributed by atoms with E-state index in [2.05, 4.69) is 0 Å². The number of carboxylic acids is 1. The average molecular weight is 288 g/mol. The number of allylic oxidation sites excluding steroid dienone is 4. The fourth-order valence-electron chi connectivity index (χ4n) is 2.28. The van der Waals surface area contributed by atoms with Crippen LogP contribution in [0, 0.1) is 5.92 Å². The number of carboxylic acid groups (broad SMARTS) is 1. The molecule has 0 fully saturated rings. The van der Waals surface area contributed by atoms with Gasteiger partial charge in [-0.15, -0.1) is 11.8 Å². The number of aliphatic hydroxyl groups is 1. The van der Waals surface area contributed by atoms with Gasteiger partial charge in [-0.1, -0.05) is 6.08 Å². The number of thioether (sulfide) groups is 1. The molecule has 104 valence electrons. The third-order valence-corrected chi connectivity index (χ3v) is 4.47. The predicted octanol–water partition coefficient (Wildman–Crippen LogP) is 3.51. The molecule has 3 nitrogen and oxygen atoms in total. The van der Waals surface area contributed by atoms with Gasteiger partial charge in [0.05, 0.1) is 4.91 Å². The molecule has 0 spiro atoms. The van der Waals surface area contributed by atoms with Gasteiger partial charge in [0, 0.05) is 24.2 Å². The highest BCUT2D eigenvalue weighted by molar-refractivity contribution is 8.04. The van der Waals surface area contributed by atoms with Gasteiger partial charge in [0.1, 0.15) is 5.76 Å². The standard InChI is InChI=1S/C13H14F2O3S/c1-13(14,15)7-3-2-4-8-9(10(16)5-7)6-19-11(8)12(17)18/h3,5,9,16H,2,4,6H2,1H3,(H,17,18)/b7-3+,10-5+. The molecule has 2 aliphatic rings. The number of aliphatic hydroxyl groups excluding tert-OH is 1. The van der Waals surface area contributed by atoms with Gasteiger partial charge in [-0.25, -0.2) is 13.6 Å². The van der Waals surface area contributed by atoms with Crippen molar-refractivity contribution in [1.29, 1.82) is 0 Å². The number of carbonyl (C=O) groups is 1. The van der Waals surface area contributed by atoms with E-state index < -0.39 is 17.8 Å². The first kappa shape index (κ1) is 14.1. The van der Waals surface area contributed by atoms with Crippen LogP contribution in [-0.4, -0.2) is 27.9 Å². The lowest BCUT2D eigenvalue weighted by molar-refractivity contribution is -0.131. The number of rotatable bonds is 2. The molecule has 0 saturated heterocycles. The van der Waals surface area contributed by atoms with Crippen LogP contribution in [0.5, 0.6) is 0 Å². The van der Waals surface area contributed by atoms with Crippen LogP contribution in [0.4, 0.5) is 8.78 Å². The van der Waals surface area contributed by atoms with Crippen LogP contribution in [0.1, 0.15) is 19.8 Å². The molecular weight excluding hydrogens is 274 g/mol. The Hall–Kier alpha value is -1.30. The monoisotopic (exact) mass is 288 g/mol. The number of hydrogen-bond donors (Lipinski definition) is 2. The second-order valence-corrected chi connectivity index (χ2v) is 5.71. The molecule has 1 aliphatic heterocycles. The summed E-state index contributed by atoms with van der Waals surface area (Å²) in [6.07, 6.45) is 3.18. The molecule has 1 atom stereocenters. The quantitative estimate of drug-likeness (QED) is 0.816. The number of halogens is 2. The maximum absolute atomic E-state index is 13.3. The van der Waals surface area contributed by atoms with Gasteiger partial charge in [0.15, 0.2) is 0 Å². The van der Waals surface area contributed by atoms with Crippen molar-refractivity contribution >= 4 is 17.7 Å². The number of aliphatic carboxylic acids is 1. The second-order valence-electron chi connectivity index (χ2n) is 4.68. The number of alkyl halides is 2. The van der Waals surface area contributed by atoms with Crippen molar-refractivity contribution < 1.29 is 23.8 Å². The Bertz CT molecular complexity index is 501. The summed E-state index contributed by atoms with van der Waals surface area (Å²) in [5, 5.41) is 19.0. The van der Waals surface area contributed by atoms with E-state index in [-0.39, 0.29) is 16.2 Å². The average Bonchev–Trinajstić information content (AvgIpc) is 2.67. The maximum atomic E-state index is 13.3. The summed E-state index contributed by atoms with van der Waals surface area (Å²) in [6, 6.07) is 0. The summed E-state index contributed by atoms with van der Waals surface area (Å²) in [4.78, 5) is 11.3. The molecule has 1 aliphatic carbocycles. The SMILES string of the molecule is CC(F)(F)C1=C/CCC2=C(C(=O)O)SCC2/C(O)=C\1. The summed E-state index contributed by atoms with van der Waals surface area (Å²) in [5.74, 6) is -4.26. The van der Waals surface area contributed by atoms with Crippen LogP contribution in [0.15, 0.2) is 34.0 Å². The largest absolute Gasteiger partial charge is 0.512 e. The van der Waals surface area contributed by atoms with E-state index in [0.717, 1.165) is 24.8 Å². The molecule has 0 radical (unpaired) electrons. The summed E-state index contributed by atoms with van der Waals surface area (Å²) < 4.78 is 26.6. The molecule has 1 unspecified atom stereocenters. The highest BCUT2D eigenvalue weighted by Gasteiger charge is 2.35. The van der Waals surface area contributed by atoms with Crippen LogP contribution in [0.3, 0.4) is 0 Å². The lowest BCUT2D eigenvalue weighted by Gasteiger charge is -2.19. The van der Waals surface area contributed by atoms with Crippen molar-refractivity contribution in [3.63, 3.8) is 0 Å². The summed E-state index contributed by atoms with van der Waals surface area (Å²) in [5.41, 5.74) is 0.429. The van der Waals surface area contributed by atoms with E-state index in [1.807, 2.05) is 0 Å². The lowest BCUT2D eigenvalue weighted by atomic mass is 9.90. The van der Waals surface area contributed by atoms with E-state index in [9.17, 15) is 18.7 Å². The minimum absolute atomic E-state index is 0.175. The first-order chi connectivity index (χ1) is 8.80. The van der Waals surface area contributed by atoms with Gasteiger partial charge in [-0.2, -0.15) is 0 Å². The van der Waals surface area contributed by atoms with Gasteiger partial charge in [0.2, 0.25) is 0 Å². The molecular formula is C13H14F2O3S. The molecule has 0 bridgehead atoms. The van der Waals surface area contributed by atoms with E-state index in [1.165, 1.54) is 6.08 Å². The third-order valence-electron chi connectivity index (χ3n) is 3.25. The Balaban J connectivity index is 2.38. The van der Waals surface area contributed by atoms with Crippen LogP contribution < -0.4 is 0 Å². The fraction of sp³-hybridized carbons (Fsp3) is 0.462. The van der Waals surface area contributed by atoms with E-state index in [0.29, 0.717) is 24.2 Å². The van der Waals surface area contributed by atoms with Crippen LogP contribution in [0.2, 0.25) is 0 Å². The summed E-state index contributed by atoms with van der Waals surface area (Å²) in [7, 11) is 0. The van der Waals surface area contributed by atoms with Crippen molar-refractivity contribution in [2.75, 3.05) is 5.75 Å². The molecule has 19 heavy (non-hydrogen) atoms. The molecule has 0 aromatic carbocycles. The fourth-order valence-corrected chi connectivity index (χ4v) is 3.54. The molecule has 6 heteroatoms. The molecule has 2 N–H and O–H groups in total. The molecule has 0 saturated carbocycles. The van der Waals surface area contributed by atoms with Gasteiger partial charge in [-0.05, 0) is 24.5 Å². The van der Waals surface area contributed by atoms with Crippen molar-refractivity contribution in [3.05, 3.63) is 34.0 Å². The zero-order valence-corrected chi connectivity index (χ0v) is 11.1. The Morgan fingerprint density at radius 2 is 2.21 bits per heavy atom. The molecule has 2 rings (SSSR count). The Morgan fingerprint density at radius 1 is 1.53 bits per heavy atom. The van der Waals surface area contributed by atoms with Crippen molar-refractivity contribution in [3.8, 4) is 0 Å². The zero-order valence-electron chi connectivity index (χ0n) is 10.3. The molecule has 0 amide bonds. The summed E-state index contributed by atoms with van der Waals surface area (Å²) in [6.45, 7) is 0.785. The second kappa shape index (κ2) is 5.00. The summed E-state index contributed by atoms with van der Waals surface area (Å²) >= 11 is 1.16. The third kappa shape index (κ3) is 2.83. The normalized spacial score (nSPS) is 29.7. The first-order valence-corrected chi connectivity index (χ1v) is 6.87. The minimum Gasteiger partial charge on any atom is -0.512 e. The highest BCUT2D eigenvalue weighted by atomic mass is 32.2. The Labute approximate surface area is 113 Å². The maximum Gasteiger partial charge on any atom is 0.342 e. The van der Waals surface area contributed by atoms with Crippen LogP contribution >= 0.6 is 11.8 Å². The highest BCUT2D eigenvalue weighted by Crippen LogP contribution is 2.43. The number of fused-ring (bicyclic) bond motifs is 1. The minimum atomic E-state index is -3.00. The Kier molecular flexibility index (Phi) is 3.71. The van der Waals surface area contributed by atoms with E-state index in [4.69, 9.17) is 5.11 Å². The van der Waals surface area contributed by atoms with Crippen LogP contribution in [-0.2, 0) is 4.79 Å².